The minimum atomic E-state index is -0.661. The van der Waals surface area contributed by atoms with E-state index in [-0.39, 0.29) is 23.3 Å². The minimum absolute atomic E-state index is 0.115. The average molecular weight is 333 g/mol. The van der Waals surface area contributed by atoms with Crippen molar-refractivity contribution >= 4 is 17.4 Å². The van der Waals surface area contributed by atoms with E-state index in [1.165, 1.54) is 14.0 Å². The van der Waals surface area contributed by atoms with Gasteiger partial charge in [0.15, 0.2) is 6.61 Å². The van der Waals surface area contributed by atoms with Crippen LogP contribution in [0.15, 0.2) is 29.1 Å². The normalized spacial score (nSPS) is 10.2. The Bertz CT molecular complexity index is 881. The topological polar surface area (TPSA) is 92.3 Å². The molecule has 0 aliphatic heterocycles. The Hall–Kier alpha value is -2.78. The molecule has 1 aromatic heterocycles. The molecule has 0 saturated carbocycles. The second-order valence-electron chi connectivity index (χ2n) is 4.82. The summed E-state index contributed by atoms with van der Waals surface area (Å²) in [4.78, 5) is 24.2. The highest BCUT2D eigenvalue weighted by Crippen LogP contribution is 2.25. The number of nitrogens with zero attached hydrogens (tertiary/aromatic N) is 2. The van der Waals surface area contributed by atoms with Crippen LogP contribution >= 0.6 is 11.6 Å². The number of aromatic nitrogens is 1. The fraction of sp³-hybridized carbons (Fsp3) is 0.188. The number of pyridine rings is 1. The summed E-state index contributed by atoms with van der Waals surface area (Å²) in [6.45, 7) is 1.05. The number of carbonyl (C=O) groups excluding carboxylic acids is 1. The first-order valence-corrected chi connectivity index (χ1v) is 6.99. The Morgan fingerprint density at radius 1 is 1.43 bits per heavy atom. The first-order chi connectivity index (χ1) is 10.9. The molecule has 0 amide bonds. The third-order valence-electron chi connectivity index (χ3n) is 3.40. The van der Waals surface area contributed by atoms with Crippen LogP contribution in [0.25, 0.3) is 0 Å². The van der Waals surface area contributed by atoms with Crippen LogP contribution in [0.1, 0.15) is 21.5 Å². The molecule has 0 bridgehead atoms. The lowest BCUT2D eigenvalue weighted by Crippen LogP contribution is -2.25. The highest BCUT2D eigenvalue weighted by Gasteiger charge is 2.23. The van der Waals surface area contributed by atoms with E-state index in [2.05, 4.69) is 0 Å². The third-order valence-corrected chi connectivity index (χ3v) is 3.71. The SMILES string of the molecule is Cc1c(C(=O)COc2ccccc2Cl)c(O)n(C)c(=O)c1C#N. The summed E-state index contributed by atoms with van der Waals surface area (Å²) in [5.41, 5.74) is -0.839. The van der Waals surface area contributed by atoms with Crippen molar-refractivity contribution in [3.05, 3.63) is 56.3 Å². The lowest BCUT2D eigenvalue weighted by atomic mass is 10.0. The van der Waals surface area contributed by atoms with Crippen LogP contribution in [0, 0.1) is 18.3 Å². The molecule has 0 saturated heterocycles. The molecule has 2 aromatic rings. The molecule has 0 fully saturated rings. The van der Waals surface area contributed by atoms with E-state index in [1.807, 2.05) is 0 Å². The van der Waals surface area contributed by atoms with E-state index in [4.69, 9.17) is 21.6 Å². The summed E-state index contributed by atoms with van der Waals surface area (Å²) in [5.74, 6) is -0.740. The summed E-state index contributed by atoms with van der Waals surface area (Å²) in [7, 11) is 1.28. The van der Waals surface area contributed by atoms with Crippen molar-refractivity contribution in [3.8, 4) is 17.7 Å². The van der Waals surface area contributed by atoms with E-state index in [9.17, 15) is 14.7 Å². The van der Waals surface area contributed by atoms with Crippen molar-refractivity contribution in [2.75, 3.05) is 6.61 Å². The fourth-order valence-electron chi connectivity index (χ4n) is 2.13. The predicted octanol–water partition coefficient (Wildman–Crippen LogP) is 2.19. The Kier molecular flexibility index (Phi) is 4.72. The number of halogens is 1. The largest absolute Gasteiger partial charge is 0.494 e. The van der Waals surface area contributed by atoms with Gasteiger partial charge in [-0.05, 0) is 24.6 Å². The van der Waals surface area contributed by atoms with E-state index in [0.29, 0.717) is 10.8 Å². The smallest absolute Gasteiger partial charge is 0.271 e. The maximum Gasteiger partial charge on any atom is 0.271 e. The van der Waals surface area contributed by atoms with Crippen LogP contribution in [0.5, 0.6) is 11.6 Å². The lowest BCUT2D eigenvalue weighted by molar-refractivity contribution is 0.0916. The number of carbonyl (C=O) groups is 1. The van der Waals surface area contributed by atoms with Gasteiger partial charge in [-0.15, -0.1) is 0 Å². The quantitative estimate of drug-likeness (QED) is 0.866. The fourth-order valence-corrected chi connectivity index (χ4v) is 2.32. The second-order valence-corrected chi connectivity index (χ2v) is 5.22. The molecule has 6 nitrogen and oxygen atoms in total. The molecule has 118 valence electrons. The Morgan fingerprint density at radius 3 is 2.70 bits per heavy atom. The van der Waals surface area contributed by atoms with Crippen LogP contribution in [-0.4, -0.2) is 22.1 Å². The van der Waals surface area contributed by atoms with Gasteiger partial charge in [-0.25, -0.2) is 0 Å². The van der Waals surface area contributed by atoms with Gasteiger partial charge in [-0.2, -0.15) is 5.26 Å². The molecule has 0 radical (unpaired) electrons. The van der Waals surface area contributed by atoms with Crippen LogP contribution in [-0.2, 0) is 7.05 Å². The Labute approximate surface area is 137 Å². The number of Topliss-reactive ketones (excluding diaryl/α,β-unsaturated/α-hetero) is 1. The van der Waals surface area contributed by atoms with Crippen molar-refractivity contribution in [1.29, 1.82) is 5.26 Å². The van der Waals surface area contributed by atoms with Crippen molar-refractivity contribution < 1.29 is 14.6 Å². The number of hydrogen-bond acceptors (Lipinski definition) is 5. The van der Waals surface area contributed by atoms with Gasteiger partial charge in [0, 0.05) is 7.05 Å². The summed E-state index contributed by atoms with van der Waals surface area (Å²) in [6, 6.07) is 8.39. The number of para-hydroxylation sites is 1. The van der Waals surface area contributed by atoms with Crippen LogP contribution in [0.4, 0.5) is 0 Å². The predicted molar refractivity (Wildman–Crippen MR) is 84.1 cm³/mol. The van der Waals surface area contributed by atoms with Gasteiger partial charge >= 0.3 is 0 Å². The molecule has 0 spiro atoms. The summed E-state index contributed by atoms with van der Waals surface area (Å²) in [6.07, 6.45) is 0. The van der Waals surface area contributed by atoms with Crippen molar-refractivity contribution in [1.82, 2.24) is 4.57 Å². The van der Waals surface area contributed by atoms with Gasteiger partial charge in [-0.1, -0.05) is 23.7 Å². The van der Waals surface area contributed by atoms with Crippen molar-refractivity contribution in [3.63, 3.8) is 0 Å². The second kappa shape index (κ2) is 6.55. The molecule has 1 aromatic carbocycles. The third kappa shape index (κ3) is 3.05. The van der Waals surface area contributed by atoms with E-state index >= 15 is 0 Å². The Balaban J connectivity index is 2.37. The van der Waals surface area contributed by atoms with Crippen LogP contribution in [0.2, 0.25) is 5.02 Å². The molecule has 23 heavy (non-hydrogen) atoms. The standard InChI is InChI=1S/C16H13ClN2O4/c1-9-10(7-18)15(21)19(2)16(22)14(9)12(20)8-23-13-6-4-3-5-11(13)17/h3-6,22H,8H2,1-2H3. The number of nitriles is 1. The molecule has 1 N–H and O–H groups in total. The number of hydrogen-bond donors (Lipinski definition) is 1. The average Bonchev–Trinajstić information content (AvgIpc) is 2.53. The number of rotatable bonds is 4. The lowest BCUT2D eigenvalue weighted by Gasteiger charge is -2.13. The van der Waals surface area contributed by atoms with Gasteiger partial charge in [-0.3, -0.25) is 14.2 Å². The van der Waals surface area contributed by atoms with Gasteiger partial charge in [0.05, 0.1) is 10.6 Å². The highest BCUT2D eigenvalue weighted by molar-refractivity contribution is 6.32. The zero-order valence-corrected chi connectivity index (χ0v) is 13.2. The monoisotopic (exact) mass is 332 g/mol. The number of ketones is 1. The maximum atomic E-state index is 12.3. The van der Waals surface area contributed by atoms with Crippen molar-refractivity contribution in [2.45, 2.75) is 6.92 Å². The van der Waals surface area contributed by atoms with Crippen LogP contribution < -0.4 is 10.3 Å². The molecule has 0 aliphatic rings. The molecular weight excluding hydrogens is 320 g/mol. The first-order valence-electron chi connectivity index (χ1n) is 6.61. The van der Waals surface area contributed by atoms with E-state index in [1.54, 1.807) is 30.3 Å². The van der Waals surface area contributed by atoms with Gasteiger partial charge in [0.1, 0.15) is 17.4 Å². The Morgan fingerprint density at radius 2 is 2.09 bits per heavy atom. The molecule has 0 atom stereocenters. The van der Waals surface area contributed by atoms with E-state index in [0.717, 1.165) is 4.57 Å². The van der Waals surface area contributed by atoms with Gasteiger partial charge in [0.25, 0.3) is 5.56 Å². The number of ether oxygens (including phenoxy) is 1. The van der Waals surface area contributed by atoms with Gasteiger partial charge in [0.2, 0.25) is 11.7 Å². The number of benzene rings is 1. The molecular formula is C16H13ClN2O4. The molecule has 0 aliphatic carbocycles. The van der Waals surface area contributed by atoms with Crippen LogP contribution in [0.3, 0.4) is 0 Å². The zero-order chi connectivity index (χ0) is 17.1. The molecule has 7 heteroatoms. The molecule has 1 heterocycles. The maximum absolute atomic E-state index is 12.3. The highest BCUT2D eigenvalue weighted by atomic mass is 35.5. The minimum Gasteiger partial charge on any atom is -0.494 e. The summed E-state index contributed by atoms with van der Waals surface area (Å²) < 4.78 is 6.20. The summed E-state index contributed by atoms with van der Waals surface area (Å²) >= 11 is 5.94. The zero-order valence-electron chi connectivity index (χ0n) is 12.5. The first kappa shape index (κ1) is 16.6. The van der Waals surface area contributed by atoms with Gasteiger partial charge < -0.3 is 9.84 Å². The van der Waals surface area contributed by atoms with E-state index < -0.39 is 17.2 Å². The molecule has 0 unspecified atom stereocenters. The summed E-state index contributed by atoms with van der Waals surface area (Å²) in [5, 5.41) is 19.5. The number of aromatic hydroxyl groups is 1. The molecule has 2 rings (SSSR count). The van der Waals surface area contributed by atoms with Crippen molar-refractivity contribution in [2.24, 2.45) is 7.05 Å².